The second-order valence-corrected chi connectivity index (χ2v) is 7.15. The molecule has 1 saturated heterocycles. The van der Waals surface area contributed by atoms with E-state index >= 15 is 0 Å². The maximum Gasteiger partial charge on any atom is 0.221 e. The number of sulfonamides is 1. The summed E-state index contributed by atoms with van der Waals surface area (Å²) in [7, 11) is -3.09. The van der Waals surface area contributed by atoms with Crippen LogP contribution in [0, 0.1) is 5.92 Å². The van der Waals surface area contributed by atoms with Crippen LogP contribution in [0.4, 0.5) is 0 Å². The van der Waals surface area contributed by atoms with E-state index in [1.54, 1.807) is 0 Å². The molecule has 0 aromatic rings. The number of nitrogens with zero attached hydrogens (tertiary/aromatic N) is 1. The van der Waals surface area contributed by atoms with Crippen LogP contribution in [0.15, 0.2) is 0 Å². The fraction of sp³-hybridized carbons (Fsp3) is 0.909. The van der Waals surface area contributed by atoms with E-state index < -0.39 is 10.0 Å². The van der Waals surface area contributed by atoms with Crippen molar-refractivity contribution in [1.29, 1.82) is 0 Å². The van der Waals surface area contributed by atoms with Crippen LogP contribution in [0.3, 0.4) is 0 Å². The van der Waals surface area contributed by atoms with Gasteiger partial charge in [0.25, 0.3) is 0 Å². The monoisotopic (exact) mass is 311 g/mol. The molecule has 2 aliphatic rings. The zero-order valence-electron chi connectivity index (χ0n) is 10.9. The molecule has 1 aliphatic heterocycles. The Morgan fingerprint density at radius 3 is 2.58 bits per heavy atom. The first-order chi connectivity index (χ1) is 8.53. The highest BCUT2D eigenvalue weighted by Crippen LogP contribution is 2.32. The minimum absolute atomic E-state index is 0. The zero-order valence-corrected chi connectivity index (χ0v) is 12.5. The molecule has 1 heterocycles. The highest BCUT2D eigenvalue weighted by Gasteiger charge is 2.32. The largest absolute Gasteiger partial charge is 0.352 e. The van der Waals surface area contributed by atoms with E-state index in [9.17, 15) is 13.2 Å². The van der Waals surface area contributed by atoms with Crippen molar-refractivity contribution >= 4 is 28.3 Å². The first-order valence-electron chi connectivity index (χ1n) is 6.50. The molecule has 0 spiro atoms. The third-order valence-electron chi connectivity index (χ3n) is 3.58. The molecule has 0 radical (unpaired) electrons. The van der Waals surface area contributed by atoms with Crippen molar-refractivity contribution in [2.24, 2.45) is 11.7 Å². The second-order valence-electron chi connectivity index (χ2n) is 5.07. The predicted octanol–water partition coefficient (Wildman–Crippen LogP) is -0.313. The minimum atomic E-state index is -3.09. The van der Waals surface area contributed by atoms with Crippen LogP contribution in [0.1, 0.15) is 25.7 Å². The van der Waals surface area contributed by atoms with Gasteiger partial charge in [0.05, 0.1) is 5.75 Å². The summed E-state index contributed by atoms with van der Waals surface area (Å²) >= 11 is 0. The summed E-state index contributed by atoms with van der Waals surface area (Å²) in [6, 6.07) is 0.0627. The lowest BCUT2D eigenvalue weighted by atomic mass is 10.2. The first-order valence-corrected chi connectivity index (χ1v) is 8.11. The Hall–Kier alpha value is -0.370. The summed E-state index contributed by atoms with van der Waals surface area (Å²) in [5.74, 6) is 0.635. The van der Waals surface area contributed by atoms with Gasteiger partial charge in [0.1, 0.15) is 0 Å². The molecule has 2 rings (SSSR count). The standard InChI is InChI=1S/C11H21N3O3S.ClH/c12-8-10(9-2-3-9)13-11(15)4-6-14-5-1-7-18(14,16)17;/h9-10H,1-8,12H2,(H,13,15);1H. The van der Waals surface area contributed by atoms with Gasteiger partial charge < -0.3 is 11.1 Å². The molecule has 2 fully saturated rings. The lowest BCUT2D eigenvalue weighted by Crippen LogP contribution is -2.43. The Morgan fingerprint density at radius 1 is 1.42 bits per heavy atom. The molecule has 1 aliphatic carbocycles. The van der Waals surface area contributed by atoms with Crippen molar-refractivity contribution in [3.63, 3.8) is 0 Å². The van der Waals surface area contributed by atoms with E-state index in [0.29, 0.717) is 25.4 Å². The SMILES string of the molecule is Cl.NCC(NC(=O)CCN1CCCS1(=O)=O)C1CC1. The van der Waals surface area contributed by atoms with Gasteiger partial charge in [0.2, 0.25) is 15.9 Å². The highest BCUT2D eigenvalue weighted by molar-refractivity contribution is 7.89. The van der Waals surface area contributed by atoms with Crippen LogP contribution in [-0.2, 0) is 14.8 Å². The van der Waals surface area contributed by atoms with Crippen molar-refractivity contribution < 1.29 is 13.2 Å². The quantitative estimate of drug-likeness (QED) is 0.703. The molecule has 1 saturated carbocycles. The molecule has 0 aromatic heterocycles. The van der Waals surface area contributed by atoms with Gasteiger partial charge >= 0.3 is 0 Å². The van der Waals surface area contributed by atoms with Crippen molar-refractivity contribution in [3.05, 3.63) is 0 Å². The first kappa shape index (κ1) is 16.7. The molecule has 3 N–H and O–H groups in total. The predicted molar refractivity (Wildman–Crippen MR) is 75.6 cm³/mol. The van der Waals surface area contributed by atoms with Gasteiger partial charge in [-0.25, -0.2) is 12.7 Å². The van der Waals surface area contributed by atoms with Gasteiger partial charge in [-0.3, -0.25) is 4.79 Å². The number of hydrogen-bond donors (Lipinski definition) is 2. The number of nitrogens with one attached hydrogen (secondary N) is 1. The Morgan fingerprint density at radius 2 is 2.11 bits per heavy atom. The molecule has 112 valence electrons. The summed E-state index contributed by atoms with van der Waals surface area (Å²) in [5, 5.41) is 2.89. The number of nitrogens with two attached hydrogens (primary N) is 1. The van der Waals surface area contributed by atoms with Crippen LogP contribution in [0.25, 0.3) is 0 Å². The minimum Gasteiger partial charge on any atom is -0.352 e. The smallest absolute Gasteiger partial charge is 0.221 e. The van der Waals surface area contributed by atoms with Crippen LogP contribution in [-0.4, -0.2) is 50.1 Å². The maximum absolute atomic E-state index is 11.7. The van der Waals surface area contributed by atoms with Crippen molar-refractivity contribution in [2.75, 3.05) is 25.4 Å². The maximum atomic E-state index is 11.7. The average Bonchev–Trinajstić information content (AvgIpc) is 3.09. The number of amides is 1. The number of hydrogen-bond acceptors (Lipinski definition) is 4. The van der Waals surface area contributed by atoms with Crippen LogP contribution in [0.2, 0.25) is 0 Å². The molecule has 1 atom stereocenters. The van der Waals surface area contributed by atoms with Gasteiger partial charge in [-0.05, 0) is 25.2 Å². The van der Waals surface area contributed by atoms with Crippen molar-refractivity contribution in [2.45, 2.75) is 31.7 Å². The zero-order chi connectivity index (χ0) is 13.2. The Labute approximate surface area is 120 Å². The average molecular weight is 312 g/mol. The third kappa shape index (κ3) is 4.59. The lowest BCUT2D eigenvalue weighted by Gasteiger charge is -2.18. The van der Waals surface area contributed by atoms with Gasteiger partial charge in [-0.1, -0.05) is 0 Å². The van der Waals surface area contributed by atoms with Crippen molar-refractivity contribution in [3.8, 4) is 0 Å². The molecule has 19 heavy (non-hydrogen) atoms. The molecule has 0 aromatic carbocycles. The lowest BCUT2D eigenvalue weighted by molar-refractivity contribution is -0.122. The number of halogens is 1. The van der Waals surface area contributed by atoms with E-state index in [4.69, 9.17) is 5.73 Å². The van der Waals surface area contributed by atoms with Gasteiger partial charge in [0.15, 0.2) is 0 Å². The normalized spacial score (nSPS) is 23.6. The fourth-order valence-electron chi connectivity index (χ4n) is 2.32. The fourth-order valence-corrected chi connectivity index (χ4v) is 3.84. The highest BCUT2D eigenvalue weighted by atomic mass is 35.5. The summed E-state index contributed by atoms with van der Waals surface area (Å²) < 4.78 is 24.5. The Balaban J connectivity index is 0.00000180. The van der Waals surface area contributed by atoms with E-state index in [-0.39, 0.29) is 43.1 Å². The summed E-state index contributed by atoms with van der Waals surface area (Å²) in [6.07, 6.45) is 3.14. The Kier molecular flexibility index (Phi) is 6.04. The van der Waals surface area contributed by atoms with Crippen LogP contribution < -0.4 is 11.1 Å². The van der Waals surface area contributed by atoms with E-state index in [1.807, 2.05) is 0 Å². The van der Waals surface area contributed by atoms with Crippen LogP contribution in [0.5, 0.6) is 0 Å². The van der Waals surface area contributed by atoms with Gasteiger partial charge in [-0.2, -0.15) is 0 Å². The van der Waals surface area contributed by atoms with E-state index in [0.717, 1.165) is 12.8 Å². The van der Waals surface area contributed by atoms with Crippen molar-refractivity contribution in [1.82, 2.24) is 9.62 Å². The summed E-state index contributed by atoms with van der Waals surface area (Å²) in [5.41, 5.74) is 5.60. The topological polar surface area (TPSA) is 92.5 Å². The molecular formula is C11H22ClN3O3S. The number of rotatable bonds is 6. The second kappa shape index (κ2) is 6.88. The van der Waals surface area contributed by atoms with E-state index in [1.165, 1.54) is 4.31 Å². The third-order valence-corrected chi connectivity index (χ3v) is 5.54. The molecule has 6 nitrogen and oxygen atoms in total. The molecular weight excluding hydrogens is 290 g/mol. The Bertz CT molecular complexity index is 411. The summed E-state index contributed by atoms with van der Waals surface area (Å²) in [6.45, 7) is 1.28. The number of carbonyl (C=O) groups excluding carboxylic acids is 1. The van der Waals surface area contributed by atoms with Crippen LogP contribution >= 0.6 is 12.4 Å². The van der Waals surface area contributed by atoms with Gasteiger partial charge in [0, 0.05) is 32.1 Å². The summed E-state index contributed by atoms with van der Waals surface area (Å²) in [4.78, 5) is 11.7. The molecule has 0 bridgehead atoms. The number of carbonyl (C=O) groups is 1. The molecule has 1 unspecified atom stereocenters. The van der Waals surface area contributed by atoms with E-state index in [2.05, 4.69) is 5.32 Å². The molecule has 1 amide bonds. The van der Waals surface area contributed by atoms with Gasteiger partial charge in [-0.15, -0.1) is 12.4 Å². The molecule has 8 heteroatoms.